The third-order valence-corrected chi connectivity index (χ3v) is 5.97. The lowest BCUT2D eigenvalue weighted by atomic mass is 10.0. The maximum Gasteiger partial charge on any atom is 0.191 e. The summed E-state index contributed by atoms with van der Waals surface area (Å²) in [5.41, 5.74) is 4.85. The summed E-state index contributed by atoms with van der Waals surface area (Å²) in [7, 11) is 5.53. The van der Waals surface area contributed by atoms with Crippen molar-refractivity contribution in [2.24, 2.45) is 12.0 Å². The van der Waals surface area contributed by atoms with Crippen molar-refractivity contribution >= 4 is 29.9 Å². The molecule has 2 aromatic rings. The molecule has 7 nitrogen and oxygen atoms in total. The number of guanidine groups is 1. The van der Waals surface area contributed by atoms with Crippen LogP contribution in [0.4, 0.5) is 0 Å². The van der Waals surface area contributed by atoms with Crippen LogP contribution in [-0.2, 0) is 13.5 Å². The first-order valence-corrected chi connectivity index (χ1v) is 11.2. The average molecular weight is 557 g/mol. The maximum absolute atomic E-state index is 5.45. The summed E-state index contributed by atoms with van der Waals surface area (Å²) in [5.74, 6) is 1.69. The Labute approximate surface area is 211 Å². The predicted octanol–water partition coefficient (Wildman–Crippen LogP) is 3.84. The van der Waals surface area contributed by atoms with E-state index < -0.39 is 0 Å². The number of aliphatic imine (C=N–C) groups is 1. The lowest BCUT2D eigenvalue weighted by molar-refractivity contribution is 0.218. The van der Waals surface area contributed by atoms with Crippen LogP contribution in [0.15, 0.2) is 29.3 Å². The molecule has 0 aliphatic carbocycles. The van der Waals surface area contributed by atoms with Gasteiger partial charge in [-0.1, -0.05) is 26.0 Å². The topological polar surface area (TPSA) is 66.7 Å². The SMILES string of the molecule is CCN(CC)C(CNC(=NC)NC(C)Cc1c(C)nn(C)c1C)c1cccc(OC)c1.I. The first-order chi connectivity index (χ1) is 14.8. The average Bonchev–Trinajstić information content (AvgIpc) is 3.01. The van der Waals surface area contributed by atoms with Crippen molar-refractivity contribution in [1.82, 2.24) is 25.3 Å². The molecule has 1 aromatic heterocycles. The number of ether oxygens (including phenoxy) is 1. The summed E-state index contributed by atoms with van der Waals surface area (Å²) >= 11 is 0. The van der Waals surface area contributed by atoms with Crippen LogP contribution >= 0.6 is 24.0 Å². The highest BCUT2D eigenvalue weighted by molar-refractivity contribution is 14.0. The summed E-state index contributed by atoms with van der Waals surface area (Å²) in [4.78, 5) is 6.91. The summed E-state index contributed by atoms with van der Waals surface area (Å²) < 4.78 is 7.40. The zero-order chi connectivity index (χ0) is 23.0. The number of nitrogens with one attached hydrogen (secondary N) is 2. The molecule has 2 rings (SSSR count). The molecule has 0 saturated carbocycles. The monoisotopic (exact) mass is 556 g/mol. The van der Waals surface area contributed by atoms with Gasteiger partial charge in [0.05, 0.1) is 18.8 Å². The highest BCUT2D eigenvalue weighted by Crippen LogP contribution is 2.24. The second-order valence-electron chi connectivity index (χ2n) is 7.99. The molecule has 2 N–H and O–H groups in total. The van der Waals surface area contributed by atoms with Crippen LogP contribution in [0, 0.1) is 13.8 Å². The van der Waals surface area contributed by atoms with Crippen LogP contribution in [0.2, 0.25) is 0 Å². The van der Waals surface area contributed by atoms with E-state index in [1.807, 2.05) is 24.8 Å². The van der Waals surface area contributed by atoms with E-state index in [9.17, 15) is 0 Å². The Morgan fingerprint density at radius 1 is 1.25 bits per heavy atom. The van der Waals surface area contributed by atoms with Gasteiger partial charge < -0.3 is 15.4 Å². The summed E-state index contributed by atoms with van der Waals surface area (Å²) in [5, 5.41) is 11.6. The van der Waals surface area contributed by atoms with E-state index >= 15 is 0 Å². The van der Waals surface area contributed by atoms with E-state index in [-0.39, 0.29) is 36.1 Å². The Kier molecular flexibility index (Phi) is 12.1. The Morgan fingerprint density at radius 2 is 1.94 bits per heavy atom. The summed E-state index contributed by atoms with van der Waals surface area (Å²) in [6, 6.07) is 8.79. The quantitative estimate of drug-likeness (QED) is 0.265. The number of likely N-dealkylation sites (N-methyl/N-ethyl adjacent to an activating group) is 1. The zero-order valence-electron chi connectivity index (χ0n) is 20.9. The van der Waals surface area contributed by atoms with E-state index in [1.54, 1.807) is 7.11 Å². The van der Waals surface area contributed by atoms with Gasteiger partial charge in [-0.2, -0.15) is 5.10 Å². The minimum absolute atomic E-state index is 0. The number of aryl methyl sites for hydroxylation is 2. The fourth-order valence-electron chi connectivity index (χ4n) is 4.06. The Balaban J connectivity index is 0.00000512. The Hall–Kier alpha value is -1.81. The molecule has 0 aliphatic heterocycles. The zero-order valence-corrected chi connectivity index (χ0v) is 23.2. The maximum atomic E-state index is 5.45. The van der Waals surface area contributed by atoms with Crippen molar-refractivity contribution in [2.45, 2.75) is 53.1 Å². The molecule has 32 heavy (non-hydrogen) atoms. The Morgan fingerprint density at radius 3 is 2.47 bits per heavy atom. The van der Waals surface area contributed by atoms with Crippen molar-refractivity contribution in [3.8, 4) is 5.75 Å². The smallest absolute Gasteiger partial charge is 0.191 e. The lowest BCUT2D eigenvalue weighted by Crippen LogP contribution is -2.46. The molecule has 0 amide bonds. The molecule has 180 valence electrons. The van der Waals surface area contributed by atoms with E-state index in [0.717, 1.165) is 43.5 Å². The highest BCUT2D eigenvalue weighted by atomic mass is 127. The van der Waals surface area contributed by atoms with Gasteiger partial charge in [0.25, 0.3) is 0 Å². The molecule has 2 atom stereocenters. The fraction of sp³-hybridized carbons (Fsp3) is 0.583. The molecule has 0 fully saturated rings. The minimum Gasteiger partial charge on any atom is -0.497 e. The van der Waals surface area contributed by atoms with Crippen LogP contribution in [-0.4, -0.2) is 60.5 Å². The van der Waals surface area contributed by atoms with E-state index in [2.05, 4.69) is 78.4 Å². The van der Waals surface area contributed by atoms with Gasteiger partial charge in [0.15, 0.2) is 5.96 Å². The van der Waals surface area contributed by atoms with Crippen LogP contribution in [0.25, 0.3) is 0 Å². The highest BCUT2D eigenvalue weighted by Gasteiger charge is 2.20. The van der Waals surface area contributed by atoms with Gasteiger partial charge in [0, 0.05) is 32.4 Å². The van der Waals surface area contributed by atoms with Gasteiger partial charge in [-0.05, 0) is 63.5 Å². The number of nitrogens with zero attached hydrogens (tertiary/aromatic N) is 4. The number of halogens is 1. The minimum atomic E-state index is 0. The molecule has 0 spiro atoms. The first-order valence-electron chi connectivity index (χ1n) is 11.2. The molecule has 0 saturated heterocycles. The number of hydrogen-bond donors (Lipinski definition) is 2. The molecule has 2 unspecified atom stereocenters. The second-order valence-corrected chi connectivity index (χ2v) is 7.99. The van der Waals surface area contributed by atoms with E-state index in [4.69, 9.17) is 4.74 Å². The van der Waals surface area contributed by atoms with Crippen LogP contribution in [0.1, 0.15) is 49.3 Å². The molecular formula is C24H41IN6O. The number of rotatable bonds is 10. The molecule has 1 heterocycles. The predicted molar refractivity (Wildman–Crippen MR) is 144 cm³/mol. The van der Waals surface area contributed by atoms with Gasteiger partial charge in [0.1, 0.15) is 5.75 Å². The summed E-state index contributed by atoms with van der Waals surface area (Å²) in [6.07, 6.45) is 0.904. The third-order valence-electron chi connectivity index (χ3n) is 5.97. The lowest BCUT2D eigenvalue weighted by Gasteiger charge is -2.31. The van der Waals surface area contributed by atoms with Crippen LogP contribution in [0.3, 0.4) is 0 Å². The number of aromatic nitrogens is 2. The van der Waals surface area contributed by atoms with Gasteiger partial charge in [-0.15, -0.1) is 24.0 Å². The summed E-state index contributed by atoms with van der Waals surface area (Å²) in [6.45, 7) is 13.5. The molecule has 0 radical (unpaired) electrons. The van der Waals surface area contributed by atoms with Crippen molar-refractivity contribution in [3.63, 3.8) is 0 Å². The molecule has 0 aliphatic rings. The van der Waals surface area contributed by atoms with Gasteiger partial charge in [0.2, 0.25) is 0 Å². The molecule has 1 aromatic carbocycles. The van der Waals surface area contributed by atoms with E-state index in [1.165, 1.54) is 16.8 Å². The van der Waals surface area contributed by atoms with Gasteiger partial charge in [-0.25, -0.2) is 0 Å². The third kappa shape index (κ3) is 7.37. The number of benzene rings is 1. The number of hydrogen-bond acceptors (Lipinski definition) is 4. The standard InChI is InChI=1S/C24H40N6O.HI/c1-9-30(10-2)23(20-12-11-13-21(15-20)31-8)16-26-24(25-6)27-17(3)14-22-18(4)28-29(7)19(22)5;/h11-13,15,17,23H,9-10,14,16H2,1-8H3,(H2,25,26,27);1H. The molecule has 0 bridgehead atoms. The first kappa shape index (κ1) is 28.2. The van der Waals surface area contributed by atoms with Crippen LogP contribution < -0.4 is 15.4 Å². The van der Waals surface area contributed by atoms with Crippen molar-refractivity contribution in [1.29, 1.82) is 0 Å². The van der Waals surface area contributed by atoms with E-state index in [0.29, 0.717) is 0 Å². The number of methoxy groups -OCH3 is 1. The molecular weight excluding hydrogens is 515 g/mol. The van der Waals surface area contributed by atoms with Gasteiger partial charge >= 0.3 is 0 Å². The van der Waals surface area contributed by atoms with Crippen molar-refractivity contribution in [3.05, 3.63) is 46.8 Å². The Bertz CT molecular complexity index is 862. The largest absolute Gasteiger partial charge is 0.497 e. The van der Waals surface area contributed by atoms with Crippen molar-refractivity contribution in [2.75, 3.05) is 33.8 Å². The van der Waals surface area contributed by atoms with Crippen molar-refractivity contribution < 1.29 is 4.74 Å². The van der Waals surface area contributed by atoms with Gasteiger partial charge in [-0.3, -0.25) is 14.6 Å². The normalized spacial score (nSPS) is 13.5. The fourth-order valence-corrected chi connectivity index (χ4v) is 4.06. The second kappa shape index (κ2) is 13.7. The van der Waals surface area contributed by atoms with Crippen LogP contribution in [0.5, 0.6) is 5.75 Å². The molecule has 8 heteroatoms.